The molecular weight excluding hydrogens is 210 g/mol. The van der Waals surface area contributed by atoms with Gasteiger partial charge in [-0.25, -0.2) is 5.06 Å². The molecule has 0 aromatic rings. The van der Waals surface area contributed by atoms with Crippen molar-refractivity contribution in [3.63, 3.8) is 0 Å². The Balaban J connectivity index is 4.20. The van der Waals surface area contributed by atoms with Gasteiger partial charge in [-0.15, -0.1) is 0 Å². The minimum atomic E-state index is -0.521. The van der Waals surface area contributed by atoms with Crippen LogP contribution in [0.25, 0.3) is 0 Å². The second-order valence-electron chi connectivity index (χ2n) is 4.71. The van der Waals surface area contributed by atoms with Crippen LogP contribution in [0.2, 0.25) is 0 Å². The number of hydroxylamine groups is 2. The summed E-state index contributed by atoms with van der Waals surface area (Å²) in [4.78, 5) is 27.8. The molecule has 0 fully saturated rings. The largest absolute Gasteiger partial charge is 0.460 e. The highest BCUT2D eigenvalue weighted by Gasteiger charge is 2.24. The Morgan fingerprint density at radius 1 is 1.31 bits per heavy atom. The van der Waals surface area contributed by atoms with Crippen LogP contribution in [-0.4, -0.2) is 36.7 Å². The van der Waals surface area contributed by atoms with E-state index in [2.05, 4.69) is 0 Å². The molecule has 0 aromatic heterocycles. The van der Waals surface area contributed by atoms with E-state index in [1.165, 1.54) is 14.2 Å². The smallest absolute Gasteiger partial charge is 0.307 e. The van der Waals surface area contributed by atoms with Gasteiger partial charge >= 0.3 is 5.97 Å². The summed E-state index contributed by atoms with van der Waals surface area (Å²) < 4.78 is 5.12. The second-order valence-corrected chi connectivity index (χ2v) is 4.71. The molecular formula is C11H21NO4. The first kappa shape index (κ1) is 14.9. The molecule has 0 rings (SSSR count). The SMILES string of the molecule is CON(C)C(=O)C(C)CC(=O)OC(C)(C)C. The first-order valence-corrected chi connectivity index (χ1v) is 5.21. The molecule has 0 bridgehead atoms. The quantitative estimate of drug-likeness (QED) is 0.541. The lowest BCUT2D eigenvalue weighted by Crippen LogP contribution is -2.33. The van der Waals surface area contributed by atoms with Crippen LogP contribution in [-0.2, 0) is 19.2 Å². The van der Waals surface area contributed by atoms with E-state index in [0.29, 0.717) is 0 Å². The van der Waals surface area contributed by atoms with Crippen molar-refractivity contribution in [1.29, 1.82) is 0 Å². The van der Waals surface area contributed by atoms with Crippen molar-refractivity contribution in [3.05, 3.63) is 0 Å². The van der Waals surface area contributed by atoms with E-state index in [9.17, 15) is 9.59 Å². The van der Waals surface area contributed by atoms with Crippen LogP contribution in [0.4, 0.5) is 0 Å². The highest BCUT2D eigenvalue weighted by molar-refractivity contribution is 5.82. The standard InChI is InChI=1S/C11H21NO4/c1-8(10(14)12(5)15-6)7-9(13)16-11(2,3)4/h8H,7H2,1-6H3. The van der Waals surface area contributed by atoms with Gasteiger partial charge in [0.25, 0.3) is 0 Å². The number of carbonyl (C=O) groups excluding carboxylic acids is 2. The number of rotatable bonds is 4. The third-order valence-electron chi connectivity index (χ3n) is 1.90. The van der Waals surface area contributed by atoms with Gasteiger partial charge in [-0.1, -0.05) is 6.92 Å². The van der Waals surface area contributed by atoms with Crippen molar-refractivity contribution in [2.75, 3.05) is 14.2 Å². The molecule has 0 aromatic carbocycles. The van der Waals surface area contributed by atoms with E-state index < -0.39 is 11.5 Å². The van der Waals surface area contributed by atoms with Crippen LogP contribution in [0.5, 0.6) is 0 Å². The Bertz CT molecular complexity index is 257. The van der Waals surface area contributed by atoms with Crippen molar-refractivity contribution >= 4 is 11.9 Å². The molecule has 5 nitrogen and oxygen atoms in total. The van der Waals surface area contributed by atoms with Crippen molar-refractivity contribution in [2.24, 2.45) is 5.92 Å². The first-order valence-electron chi connectivity index (χ1n) is 5.21. The molecule has 0 aliphatic rings. The predicted molar refractivity (Wildman–Crippen MR) is 59.4 cm³/mol. The van der Waals surface area contributed by atoms with Crippen LogP contribution in [0.3, 0.4) is 0 Å². The molecule has 0 radical (unpaired) electrons. The van der Waals surface area contributed by atoms with Gasteiger partial charge in [-0.05, 0) is 20.8 Å². The average molecular weight is 231 g/mol. The van der Waals surface area contributed by atoms with Gasteiger partial charge in [0.05, 0.1) is 13.5 Å². The highest BCUT2D eigenvalue weighted by atomic mass is 16.7. The molecule has 0 saturated heterocycles. The zero-order valence-electron chi connectivity index (χ0n) is 10.9. The van der Waals surface area contributed by atoms with Gasteiger partial charge in [0.15, 0.2) is 0 Å². The van der Waals surface area contributed by atoms with Crippen LogP contribution in [0, 0.1) is 5.92 Å². The molecule has 5 heteroatoms. The molecule has 0 spiro atoms. The maximum atomic E-state index is 11.6. The summed E-state index contributed by atoms with van der Waals surface area (Å²) in [6.45, 7) is 7.04. The van der Waals surface area contributed by atoms with E-state index in [1.54, 1.807) is 27.7 Å². The number of esters is 1. The van der Waals surface area contributed by atoms with Crippen LogP contribution < -0.4 is 0 Å². The third-order valence-corrected chi connectivity index (χ3v) is 1.90. The lowest BCUT2D eigenvalue weighted by molar-refractivity contribution is -0.176. The number of ether oxygens (including phenoxy) is 1. The zero-order chi connectivity index (χ0) is 12.9. The molecule has 1 unspecified atom stereocenters. The maximum Gasteiger partial charge on any atom is 0.307 e. The van der Waals surface area contributed by atoms with E-state index >= 15 is 0 Å². The Hall–Kier alpha value is -1.10. The second kappa shape index (κ2) is 5.84. The topological polar surface area (TPSA) is 55.8 Å². The molecule has 0 heterocycles. The number of nitrogens with zero attached hydrogens (tertiary/aromatic N) is 1. The monoisotopic (exact) mass is 231 g/mol. The predicted octanol–water partition coefficient (Wildman–Crippen LogP) is 1.37. The van der Waals surface area contributed by atoms with Gasteiger partial charge in [0.2, 0.25) is 5.91 Å². The molecule has 16 heavy (non-hydrogen) atoms. The summed E-state index contributed by atoms with van der Waals surface area (Å²) in [5.41, 5.74) is -0.521. The lowest BCUT2D eigenvalue weighted by Gasteiger charge is -2.22. The fourth-order valence-corrected chi connectivity index (χ4v) is 1.12. The fourth-order valence-electron chi connectivity index (χ4n) is 1.12. The Morgan fingerprint density at radius 2 is 1.81 bits per heavy atom. The lowest BCUT2D eigenvalue weighted by atomic mass is 10.1. The van der Waals surface area contributed by atoms with E-state index in [4.69, 9.17) is 9.57 Å². The van der Waals surface area contributed by atoms with E-state index in [-0.39, 0.29) is 18.3 Å². The van der Waals surface area contributed by atoms with E-state index in [0.717, 1.165) is 5.06 Å². The first-order chi connectivity index (χ1) is 7.17. The van der Waals surface area contributed by atoms with E-state index in [1.807, 2.05) is 0 Å². The molecule has 0 aliphatic heterocycles. The van der Waals surface area contributed by atoms with Gasteiger partial charge in [-0.2, -0.15) is 0 Å². The van der Waals surface area contributed by atoms with Gasteiger partial charge < -0.3 is 4.74 Å². The maximum absolute atomic E-state index is 11.6. The minimum absolute atomic E-state index is 0.0593. The number of hydrogen-bond donors (Lipinski definition) is 0. The van der Waals surface area contributed by atoms with Gasteiger partial charge in [-0.3, -0.25) is 14.4 Å². The summed E-state index contributed by atoms with van der Waals surface area (Å²) in [5, 5.41) is 1.11. The third kappa shape index (κ3) is 5.70. The number of amides is 1. The van der Waals surface area contributed by atoms with Crippen LogP contribution >= 0.6 is 0 Å². The summed E-state index contributed by atoms with van der Waals surface area (Å²) in [5.74, 6) is -1.06. The van der Waals surface area contributed by atoms with Crippen molar-refractivity contribution < 1.29 is 19.2 Å². The molecule has 94 valence electrons. The summed E-state index contributed by atoms with van der Waals surface area (Å²) in [7, 11) is 2.91. The highest BCUT2D eigenvalue weighted by Crippen LogP contribution is 2.13. The molecule has 1 atom stereocenters. The van der Waals surface area contributed by atoms with Crippen LogP contribution in [0.15, 0.2) is 0 Å². The Morgan fingerprint density at radius 3 is 2.19 bits per heavy atom. The molecule has 0 saturated carbocycles. The summed E-state index contributed by atoms with van der Waals surface area (Å²) >= 11 is 0. The normalized spacial score (nSPS) is 13.1. The van der Waals surface area contributed by atoms with Crippen LogP contribution in [0.1, 0.15) is 34.1 Å². The fraction of sp³-hybridized carbons (Fsp3) is 0.818. The van der Waals surface area contributed by atoms with Crippen molar-refractivity contribution in [2.45, 2.75) is 39.7 Å². The molecule has 0 aliphatic carbocycles. The van der Waals surface area contributed by atoms with Crippen molar-refractivity contribution in [1.82, 2.24) is 5.06 Å². The Labute approximate surface area is 96.7 Å². The minimum Gasteiger partial charge on any atom is -0.460 e. The zero-order valence-corrected chi connectivity index (χ0v) is 10.9. The summed E-state index contributed by atoms with van der Waals surface area (Å²) in [6.07, 6.45) is 0.0593. The average Bonchev–Trinajstić information content (AvgIpc) is 2.12. The van der Waals surface area contributed by atoms with Gasteiger partial charge in [0, 0.05) is 13.0 Å². The Kier molecular flexibility index (Phi) is 5.44. The number of carbonyl (C=O) groups is 2. The molecule has 0 N–H and O–H groups in total. The summed E-state index contributed by atoms with van der Waals surface area (Å²) in [6, 6.07) is 0. The molecule has 1 amide bonds. The number of hydrogen-bond acceptors (Lipinski definition) is 4. The van der Waals surface area contributed by atoms with Crippen molar-refractivity contribution in [3.8, 4) is 0 Å². The van der Waals surface area contributed by atoms with Gasteiger partial charge in [0.1, 0.15) is 5.60 Å².